The van der Waals surface area contributed by atoms with Gasteiger partial charge in [0.1, 0.15) is 5.75 Å². The van der Waals surface area contributed by atoms with Crippen molar-refractivity contribution in [3.8, 4) is 5.75 Å². The third kappa shape index (κ3) is 4.25. The highest BCUT2D eigenvalue weighted by Crippen LogP contribution is 2.28. The van der Waals surface area contributed by atoms with Crippen LogP contribution in [0.25, 0.3) is 0 Å². The number of hydrogen-bond donors (Lipinski definition) is 1. The number of halogens is 4. The zero-order valence-corrected chi connectivity index (χ0v) is 11.9. The summed E-state index contributed by atoms with van der Waals surface area (Å²) in [6.07, 6.45) is -0.721. The molecule has 0 radical (unpaired) electrons. The topological polar surface area (TPSA) is 41.6 Å². The predicted molar refractivity (Wildman–Crippen MR) is 72.6 cm³/mol. The van der Waals surface area contributed by atoms with Crippen LogP contribution in [0.3, 0.4) is 0 Å². The lowest BCUT2D eigenvalue weighted by atomic mass is 10.1. The van der Waals surface area contributed by atoms with Crippen LogP contribution in [0.1, 0.15) is 18.4 Å². The molecule has 1 fully saturated rings. The van der Waals surface area contributed by atoms with Crippen molar-refractivity contribution < 1.29 is 27.1 Å². The van der Waals surface area contributed by atoms with E-state index in [1.165, 1.54) is 23.1 Å². The lowest BCUT2D eigenvalue weighted by Crippen LogP contribution is -2.44. The Labute approximate surface area is 125 Å². The number of aryl methyl sites for hydroxylation is 1. The highest BCUT2D eigenvalue weighted by Gasteiger charge is 2.35. The van der Waals surface area contributed by atoms with Crippen molar-refractivity contribution in [2.75, 3.05) is 18.4 Å². The van der Waals surface area contributed by atoms with Crippen LogP contribution in [-0.2, 0) is 0 Å². The van der Waals surface area contributed by atoms with Crippen molar-refractivity contribution in [1.82, 2.24) is 4.90 Å². The maximum Gasteiger partial charge on any atom is 0.387 e. The van der Waals surface area contributed by atoms with E-state index in [1.54, 1.807) is 6.92 Å². The number of alkyl halides is 4. The largest absolute Gasteiger partial charge is 0.435 e. The van der Waals surface area contributed by atoms with E-state index >= 15 is 0 Å². The summed E-state index contributed by atoms with van der Waals surface area (Å²) in [6, 6.07) is 3.62. The lowest BCUT2D eigenvalue weighted by molar-refractivity contribution is -0.0500. The summed E-state index contributed by atoms with van der Waals surface area (Å²) in [5, 5.41) is 2.59. The molecule has 0 bridgehead atoms. The van der Waals surface area contributed by atoms with Crippen LogP contribution < -0.4 is 10.1 Å². The zero-order chi connectivity index (χ0) is 16.3. The smallest absolute Gasteiger partial charge is 0.387 e. The monoisotopic (exact) mass is 320 g/mol. The summed E-state index contributed by atoms with van der Waals surface area (Å²) in [5.74, 6) is -2.73. The molecule has 1 saturated heterocycles. The highest BCUT2D eigenvalue weighted by molar-refractivity contribution is 5.90. The molecule has 1 N–H and O–H groups in total. The average Bonchev–Trinajstić information content (AvgIpc) is 2.41. The van der Waals surface area contributed by atoms with Crippen molar-refractivity contribution in [1.29, 1.82) is 0 Å². The fraction of sp³-hybridized carbons (Fsp3) is 0.500. The predicted octanol–water partition coefficient (Wildman–Crippen LogP) is 3.86. The second-order valence-corrected chi connectivity index (χ2v) is 5.13. The summed E-state index contributed by atoms with van der Waals surface area (Å²) >= 11 is 0. The van der Waals surface area contributed by atoms with Gasteiger partial charge in [-0.3, -0.25) is 0 Å². The number of amides is 2. The first kappa shape index (κ1) is 16.4. The maximum atomic E-state index is 13.0. The number of piperidine rings is 1. The van der Waals surface area contributed by atoms with E-state index in [0.29, 0.717) is 11.3 Å². The third-order valence-corrected chi connectivity index (χ3v) is 3.45. The number of ether oxygens (including phenoxy) is 1. The molecule has 0 unspecified atom stereocenters. The summed E-state index contributed by atoms with van der Waals surface area (Å²) in [5.41, 5.74) is 0.956. The number of carbonyl (C=O) groups is 1. The van der Waals surface area contributed by atoms with Crippen LogP contribution in [-0.4, -0.2) is 36.6 Å². The van der Waals surface area contributed by atoms with Crippen LogP contribution in [0.15, 0.2) is 18.2 Å². The van der Waals surface area contributed by atoms with Crippen molar-refractivity contribution in [2.45, 2.75) is 32.3 Å². The molecule has 1 aromatic carbocycles. The Morgan fingerprint density at radius 1 is 1.32 bits per heavy atom. The second-order valence-electron chi connectivity index (χ2n) is 5.13. The molecule has 1 aromatic rings. The van der Waals surface area contributed by atoms with Crippen LogP contribution >= 0.6 is 0 Å². The van der Waals surface area contributed by atoms with Crippen LogP contribution in [0, 0.1) is 6.92 Å². The molecule has 0 atom stereocenters. The molecule has 2 amide bonds. The fourth-order valence-electron chi connectivity index (χ4n) is 2.18. The molecule has 22 heavy (non-hydrogen) atoms. The van der Waals surface area contributed by atoms with Gasteiger partial charge in [-0.1, -0.05) is 0 Å². The molecule has 0 aliphatic carbocycles. The Hall–Kier alpha value is -1.99. The van der Waals surface area contributed by atoms with Crippen molar-refractivity contribution >= 4 is 11.7 Å². The van der Waals surface area contributed by atoms with Crippen molar-refractivity contribution in [3.63, 3.8) is 0 Å². The number of carbonyl (C=O) groups excluding carboxylic acids is 1. The van der Waals surface area contributed by atoms with Crippen LogP contribution in [0.4, 0.5) is 28.0 Å². The molecular formula is C14H16F4N2O2. The fourth-order valence-corrected chi connectivity index (χ4v) is 2.18. The molecule has 1 aliphatic heterocycles. The summed E-state index contributed by atoms with van der Waals surface area (Å²) in [7, 11) is 0. The molecule has 2 rings (SSSR count). The highest BCUT2D eigenvalue weighted by atomic mass is 19.3. The summed E-state index contributed by atoms with van der Waals surface area (Å²) in [4.78, 5) is 13.3. The molecule has 8 heteroatoms. The Morgan fingerprint density at radius 3 is 2.50 bits per heavy atom. The van der Waals surface area contributed by atoms with E-state index in [9.17, 15) is 22.4 Å². The quantitative estimate of drug-likeness (QED) is 0.859. The number of nitrogens with zero attached hydrogens (tertiary/aromatic N) is 1. The normalized spacial score (nSPS) is 17.5. The molecule has 122 valence electrons. The van der Waals surface area contributed by atoms with Gasteiger partial charge in [-0.2, -0.15) is 8.78 Å². The number of urea groups is 1. The van der Waals surface area contributed by atoms with Gasteiger partial charge in [-0.05, 0) is 30.7 Å². The minimum absolute atomic E-state index is 0.0110. The SMILES string of the molecule is Cc1cc(OC(F)F)ccc1NC(=O)N1CCC(F)(F)CC1. The van der Waals surface area contributed by atoms with Crippen molar-refractivity contribution in [2.24, 2.45) is 0 Å². The first-order chi connectivity index (χ1) is 10.3. The third-order valence-electron chi connectivity index (χ3n) is 3.45. The van der Waals surface area contributed by atoms with Gasteiger partial charge in [-0.15, -0.1) is 0 Å². The first-order valence-corrected chi connectivity index (χ1v) is 6.76. The molecular weight excluding hydrogens is 304 g/mol. The number of nitrogens with one attached hydrogen (secondary N) is 1. The van der Waals surface area contributed by atoms with Gasteiger partial charge in [0.05, 0.1) is 0 Å². The molecule has 1 heterocycles. The van der Waals surface area contributed by atoms with Crippen molar-refractivity contribution in [3.05, 3.63) is 23.8 Å². The van der Waals surface area contributed by atoms with Gasteiger partial charge in [0.15, 0.2) is 0 Å². The van der Waals surface area contributed by atoms with Gasteiger partial charge in [0.25, 0.3) is 5.92 Å². The average molecular weight is 320 g/mol. The molecule has 0 aromatic heterocycles. The molecule has 0 saturated carbocycles. The standard InChI is InChI=1S/C14H16F4N2O2/c1-9-8-10(22-12(15)16)2-3-11(9)19-13(21)20-6-4-14(17,18)5-7-20/h2-3,8,12H,4-7H2,1H3,(H,19,21). The van der Waals surface area contributed by atoms with E-state index in [1.807, 2.05) is 0 Å². The maximum absolute atomic E-state index is 13.0. The van der Waals surface area contributed by atoms with Gasteiger partial charge in [0, 0.05) is 31.6 Å². The van der Waals surface area contributed by atoms with E-state index in [0.717, 1.165) is 0 Å². The van der Waals surface area contributed by atoms with E-state index in [-0.39, 0.29) is 31.7 Å². The number of likely N-dealkylation sites (tertiary alicyclic amines) is 1. The van der Waals surface area contributed by atoms with Gasteiger partial charge in [-0.25, -0.2) is 13.6 Å². The number of benzene rings is 1. The summed E-state index contributed by atoms with van der Waals surface area (Å²) < 4.78 is 54.6. The zero-order valence-electron chi connectivity index (χ0n) is 11.9. The van der Waals surface area contributed by atoms with E-state index in [2.05, 4.69) is 10.1 Å². The first-order valence-electron chi connectivity index (χ1n) is 6.76. The number of hydrogen-bond acceptors (Lipinski definition) is 2. The van der Waals surface area contributed by atoms with Crippen LogP contribution in [0.5, 0.6) is 5.75 Å². The number of rotatable bonds is 3. The minimum atomic E-state index is -2.92. The molecule has 0 spiro atoms. The van der Waals surface area contributed by atoms with E-state index < -0.39 is 18.6 Å². The lowest BCUT2D eigenvalue weighted by Gasteiger charge is -2.31. The van der Waals surface area contributed by atoms with Gasteiger partial charge < -0.3 is 15.0 Å². The molecule has 1 aliphatic rings. The van der Waals surface area contributed by atoms with Gasteiger partial charge in [0.2, 0.25) is 0 Å². The summed E-state index contributed by atoms with van der Waals surface area (Å²) in [6.45, 7) is -1.34. The number of anilines is 1. The van der Waals surface area contributed by atoms with Gasteiger partial charge >= 0.3 is 12.6 Å². The Balaban J connectivity index is 1.97. The van der Waals surface area contributed by atoms with Crippen LogP contribution in [0.2, 0.25) is 0 Å². The minimum Gasteiger partial charge on any atom is -0.435 e. The Bertz CT molecular complexity index is 542. The Kier molecular flexibility index (Phi) is 4.77. The Morgan fingerprint density at radius 2 is 1.95 bits per heavy atom. The molecule has 4 nitrogen and oxygen atoms in total. The second kappa shape index (κ2) is 6.41. The van der Waals surface area contributed by atoms with E-state index in [4.69, 9.17) is 0 Å².